The molecule has 1 aromatic heterocycles. The zero-order valence-electron chi connectivity index (χ0n) is 21.3. The van der Waals surface area contributed by atoms with Gasteiger partial charge in [-0.1, -0.05) is 13.8 Å². The number of pyridine rings is 1. The molecule has 2 unspecified atom stereocenters. The lowest BCUT2D eigenvalue weighted by Gasteiger charge is -2.30. The van der Waals surface area contributed by atoms with Crippen molar-refractivity contribution in [1.82, 2.24) is 14.8 Å². The van der Waals surface area contributed by atoms with Gasteiger partial charge in [0.1, 0.15) is 11.7 Å². The van der Waals surface area contributed by atoms with Gasteiger partial charge in [0.15, 0.2) is 5.78 Å². The van der Waals surface area contributed by atoms with Crippen LogP contribution < -0.4 is 4.74 Å². The normalized spacial score (nSPS) is 20.8. The summed E-state index contributed by atoms with van der Waals surface area (Å²) in [4.78, 5) is 48.0. The highest BCUT2D eigenvalue weighted by Gasteiger charge is 2.51. The van der Waals surface area contributed by atoms with Gasteiger partial charge in [-0.05, 0) is 60.7 Å². The van der Waals surface area contributed by atoms with Crippen LogP contribution in [0.2, 0.25) is 0 Å². The van der Waals surface area contributed by atoms with Crippen LogP contribution in [0.25, 0.3) is 0 Å². The highest BCUT2D eigenvalue weighted by molar-refractivity contribution is 6.44. The van der Waals surface area contributed by atoms with Crippen molar-refractivity contribution in [3.63, 3.8) is 0 Å². The first-order valence-electron chi connectivity index (χ1n) is 12.7. The standard InChI is InChI=1S/C28H35N3O5/c1-19(2)18-36-23-6-5-22(17-20(23)3)26(32)24-25(21-7-9-29-10-8-21)31(28(34)27(24)33)12-4-11-30-13-15-35-16-14-30/h5-10,17,19,24-25H,4,11-16,18H2,1-3H3. The van der Waals surface area contributed by atoms with E-state index in [2.05, 4.69) is 23.7 Å². The number of rotatable bonds is 10. The predicted molar refractivity (Wildman–Crippen MR) is 135 cm³/mol. The van der Waals surface area contributed by atoms with Crippen LogP contribution >= 0.6 is 0 Å². The Kier molecular flexibility index (Phi) is 8.48. The molecule has 2 aliphatic heterocycles. The van der Waals surface area contributed by atoms with Crippen molar-refractivity contribution in [2.75, 3.05) is 46.0 Å². The number of nitrogens with zero attached hydrogens (tertiary/aromatic N) is 3. The van der Waals surface area contributed by atoms with Crippen molar-refractivity contribution >= 4 is 17.5 Å². The van der Waals surface area contributed by atoms with E-state index in [1.54, 1.807) is 47.6 Å². The van der Waals surface area contributed by atoms with Crippen molar-refractivity contribution in [3.05, 3.63) is 59.4 Å². The molecule has 2 aliphatic rings. The van der Waals surface area contributed by atoms with Crippen LogP contribution in [0.3, 0.4) is 0 Å². The maximum Gasteiger partial charge on any atom is 0.291 e. The number of carbonyl (C=O) groups is 3. The Morgan fingerprint density at radius 2 is 1.83 bits per heavy atom. The lowest BCUT2D eigenvalue weighted by molar-refractivity contribution is -0.140. The molecule has 8 nitrogen and oxygen atoms in total. The molecule has 0 N–H and O–H groups in total. The number of morpholine rings is 1. The number of hydrogen-bond donors (Lipinski definition) is 0. The molecule has 3 heterocycles. The van der Waals surface area contributed by atoms with Crippen molar-refractivity contribution in [2.45, 2.75) is 33.2 Å². The Hall–Kier alpha value is -3.10. The highest BCUT2D eigenvalue weighted by atomic mass is 16.5. The minimum Gasteiger partial charge on any atom is -0.493 e. The zero-order valence-corrected chi connectivity index (χ0v) is 21.3. The molecule has 0 bridgehead atoms. The molecule has 2 aromatic rings. The summed E-state index contributed by atoms with van der Waals surface area (Å²) in [6, 6.07) is 8.11. The fraction of sp³-hybridized carbons (Fsp3) is 0.500. The quantitative estimate of drug-likeness (QED) is 0.285. The number of amides is 1. The predicted octanol–water partition coefficient (Wildman–Crippen LogP) is 3.10. The molecule has 1 aromatic carbocycles. The van der Waals surface area contributed by atoms with E-state index < -0.39 is 23.7 Å². The monoisotopic (exact) mass is 493 g/mol. The molecule has 1 amide bonds. The Labute approximate surface area is 212 Å². The van der Waals surface area contributed by atoms with Gasteiger partial charge >= 0.3 is 0 Å². The molecule has 2 fully saturated rings. The van der Waals surface area contributed by atoms with Crippen molar-refractivity contribution in [1.29, 1.82) is 0 Å². The molecule has 0 spiro atoms. The lowest BCUT2D eigenvalue weighted by Crippen LogP contribution is -2.39. The van der Waals surface area contributed by atoms with Gasteiger partial charge in [0.25, 0.3) is 5.91 Å². The van der Waals surface area contributed by atoms with Gasteiger partial charge in [-0.25, -0.2) is 0 Å². The number of carbonyl (C=O) groups excluding carboxylic acids is 3. The van der Waals surface area contributed by atoms with E-state index >= 15 is 0 Å². The fourth-order valence-corrected chi connectivity index (χ4v) is 4.85. The summed E-state index contributed by atoms with van der Waals surface area (Å²) < 4.78 is 11.2. The number of likely N-dealkylation sites (tertiary alicyclic amines) is 1. The van der Waals surface area contributed by atoms with Crippen molar-refractivity contribution in [2.24, 2.45) is 11.8 Å². The largest absolute Gasteiger partial charge is 0.493 e. The molecule has 0 aliphatic carbocycles. The van der Waals surface area contributed by atoms with Gasteiger partial charge in [0.05, 0.1) is 25.9 Å². The van der Waals surface area contributed by atoms with Crippen molar-refractivity contribution < 1.29 is 23.9 Å². The Balaban J connectivity index is 1.56. The minimum absolute atomic E-state index is 0.343. The lowest BCUT2D eigenvalue weighted by atomic mass is 9.86. The molecule has 2 saturated heterocycles. The van der Waals surface area contributed by atoms with Crippen molar-refractivity contribution in [3.8, 4) is 5.75 Å². The van der Waals surface area contributed by atoms with Crippen LogP contribution in [-0.2, 0) is 14.3 Å². The van der Waals surface area contributed by atoms with E-state index in [1.807, 2.05) is 6.92 Å². The summed E-state index contributed by atoms with van der Waals surface area (Å²) in [7, 11) is 0. The van der Waals surface area contributed by atoms with E-state index in [0.29, 0.717) is 50.0 Å². The topological polar surface area (TPSA) is 89.0 Å². The number of ketones is 2. The maximum atomic E-state index is 13.7. The van der Waals surface area contributed by atoms with Gasteiger partial charge < -0.3 is 14.4 Å². The molecule has 8 heteroatoms. The number of hydrogen-bond acceptors (Lipinski definition) is 7. The third-order valence-electron chi connectivity index (χ3n) is 6.74. The van der Waals surface area contributed by atoms with Gasteiger partial charge in [-0.3, -0.25) is 24.3 Å². The van der Waals surface area contributed by atoms with E-state index in [9.17, 15) is 14.4 Å². The Morgan fingerprint density at radius 1 is 1.11 bits per heavy atom. The van der Waals surface area contributed by atoms with Crippen LogP contribution in [0.4, 0.5) is 0 Å². The van der Waals surface area contributed by atoms with E-state index in [4.69, 9.17) is 9.47 Å². The summed E-state index contributed by atoms with van der Waals surface area (Å²) in [5, 5.41) is 0. The average Bonchev–Trinajstić information content (AvgIpc) is 3.13. The summed E-state index contributed by atoms with van der Waals surface area (Å²) in [6.45, 7) is 10.9. The van der Waals surface area contributed by atoms with Gasteiger partial charge in [0.2, 0.25) is 5.78 Å². The van der Waals surface area contributed by atoms with Gasteiger partial charge in [-0.15, -0.1) is 0 Å². The van der Waals surface area contributed by atoms with E-state index in [-0.39, 0.29) is 5.78 Å². The maximum absolute atomic E-state index is 13.7. The fourth-order valence-electron chi connectivity index (χ4n) is 4.85. The molecule has 36 heavy (non-hydrogen) atoms. The minimum atomic E-state index is -1.09. The molecular weight excluding hydrogens is 458 g/mol. The van der Waals surface area contributed by atoms with Crippen LogP contribution in [0.15, 0.2) is 42.7 Å². The molecule has 0 radical (unpaired) electrons. The average molecular weight is 494 g/mol. The summed E-state index contributed by atoms with van der Waals surface area (Å²) in [5.74, 6) is -1.58. The molecule has 2 atom stereocenters. The third-order valence-corrected chi connectivity index (χ3v) is 6.74. The second-order valence-electron chi connectivity index (χ2n) is 9.92. The Morgan fingerprint density at radius 3 is 2.50 bits per heavy atom. The number of Topliss-reactive ketones (excluding diaryl/α,β-unsaturated/α-hetero) is 2. The zero-order chi connectivity index (χ0) is 25.7. The first-order valence-corrected chi connectivity index (χ1v) is 12.7. The molecule has 192 valence electrons. The van der Waals surface area contributed by atoms with Gasteiger partial charge in [0, 0.05) is 44.1 Å². The first-order chi connectivity index (χ1) is 17.4. The molecule has 4 rings (SSSR count). The number of benzene rings is 1. The second kappa shape index (κ2) is 11.8. The number of aryl methyl sites for hydroxylation is 1. The first kappa shape index (κ1) is 26.0. The van der Waals surface area contributed by atoms with Crippen LogP contribution in [0.5, 0.6) is 5.75 Å². The smallest absolute Gasteiger partial charge is 0.291 e. The summed E-state index contributed by atoms with van der Waals surface area (Å²) >= 11 is 0. The number of ether oxygens (including phenoxy) is 2. The summed E-state index contributed by atoms with van der Waals surface area (Å²) in [5.41, 5.74) is 1.97. The molecule has 0 saturated carbocycles. The van der Waals surface area contributed by atoms with E-state index in [0.717, 1.165) is 30.8 Å². The highest BCUT2D eigenvalue weighted by Crippen LogP contribution is 2.38. The second-order valence-corrected chi connectivity index (χ2v) is 9.92. The van der Waals surface area contributed by atoms with Gasteiger partial charge in [-0.2, -0.15) is 0 Å². The SMILES string of the molecule is Cc1cc(C(=O)C2C(=O)C(=O)N(CCCN3CCOCC3)C2c2ccncc2)ccc1OCC(C)C. The van der Waals surface area contributed by atoms with Crippen LogP contribution in [0.1, 0.15) is 47.8 Å². The third kappa shape index (κ3) is 5.82. The Bertz CT molecular complexity index is 1080. The van der Waals surface area contributed by atoms with Crippen LogP contribution in [-0.4, -0.2) is 78.3 Å². The van der Waals surface area contributed by atoms with Crippen LogP contribution in [0, 0.1) is 18.8 Å². The number of aromatic nitrogens is 1. The van der Waals surface area contributed by atoms with E-state index in [1.165, 1.54) is 0 Å². The summed E-state index contributed by atoms with van der Waals surface area (Å²) in [6.07, 6.45) is 3.96. The molecular formula is C28H35N3O5.